The Morgan fingerprint density at radius 2 is 1.24 bits per heavy atom. The number of benzene rings is 4. The van der Waals surface area contributed by atoms with Gasteiger partial charge in [-0.3, -0.25) is 14.4 Å². The van der Waals surface area contributed by atoms with Gasteiger partial charge in [-0.25, -0.2) is 18.7 Å². The van der Waals surface area contributed by atoms with Crippen LogP contribution in [-0.4, -0.2) is 85.5 Å². The van der Waals surface area contributed by atoms with Gasteiger partial charge in [-0.2, -0.15) is 20.8 Å². The Morgan fingerprint density at radius 1 is 0.722 bits per heavy atom. The summed E-state index contributed by atoms with van der Waals surface area (Å²) in [7, 11) is 1.58. The van der Waals surface area contributed by atoms with E-state index in [1.54, 1.807) is 67.1 Å². The van der Waals surface area contributed by atoms with Crippen LogP contribution in [-0.2, 0) is 14.3 Å². The number of ether oxygens (including phenoxy) is 2. The number of aliphatic hydroxyl groups is 1. The summed E-state index contributed by atoms with van der Waals surface area (Å²) in [5.41, 5.74) is 6.88. The van der Waals surface area contributed by atoms with Crippen LogP contribution in [0.25, 0.3) is 11.4 Å². The molecule has 380 valence electrons. The molecule has 15 heteroatoms. The molecule has 6 aromatic rings. The fraction of sp³-hybridized carbons (Fsp3) is 0.404. The number of aldehydes is 1. The van der Waals surface area contributed by atoms with Crippen LogP contribution in [0.4, 0.5) is 8.78 Å². The molecule has 3 fully saturated rings. The summed E-state index contributed by atoms with van der Waals surface area (Å²) < 4.78 is 40.4. The number of nitrogens with zero attached hydrogens (tertiary/aromatic N) is 6. The molecule has 0 spiro atoms. The van der Waals surface area contributed by atoms with Gasteiger partial charge in [0.25, 0.3) is 0 Å². The Labute approximate surface area is 437 Å². The van der Waals surface area contributed by atoms with Crippen LogP contribution in [0.3, 0.4) is 0 Å². The van der Waals surface area contributed by atoms with Crippen molar-refractivity contribution in [1.82, 2.24) is 28.9 Å². The molecule has 5 heterocycles. The topological polar surface area (TPSA) is 132 Å². The molecule has 2 amide bonds. The Hall–Kier alpha value is -5.91. The van der Waals surface area contributed by atoms with Crippen molar-refractivity contribution in [2.45, 2.75) is 112 Å². The van der Waals surface area contributed by atoms with Gasteiger partial charge in [0.15, 0.2) is 0 Å². The fourth-order valence-corrected chi connectivity index (χ4v) is 8.36. The third-order valence-electron chi connectivity index (χ3n) is 12.3. The van der Waals surface area contributed by atoms with E-state index in [2.05, 4.69) is 30.7 Å². The minimum absolute atomic E-state index is 0. The molecule has 0 bridgehead atoms. The number of likely N-dealkylation sites (tertiary alicyclic amines) is 2. The predicted molar refractivity (Wildman–Crippen MR) is 273 cm³/mol. The first kappa shape index (κ1) is 58.7. The molecule has 3 aliphatic rings. The van der Waals surface area contributed by atoms with Gasteiger partial charge >= 0.3 is 18.9 Å². The molecule has 9 rings (SSSR count). The normalized spacial score (nSPS) is 16.5. The molecule has 0 aliphatic carbocycles. The molecule has 0 radical (unpaired) electrons. The minimum atomic E-state index is -0.946. The van der Waals surface area contributed by atoms with Crippen LogP contribution in [0.1, 0.15) is 136 Å². The Balaban J connectivity index is 0.000000233. The van der Waals surface area contributed by atoms with Gasteiger partial charge in [-0.05, 0) is 144 Å². The van der Waals surface area contributed by atoms with Crippen molar-refractivity contribution >= 4 is 18.1 Å². The molecule has 3 aliphatic heterocycles. The fourth-order valence-electron chi connectivity index (χ4n) is 8.36. The van der Waals surface area contributed by atoms with E-state index in [-0.39, 0.29) is 54.4 Å². The van der Waals surface area contributed by atoms with E-state index < -0.39 is 12.0 Å². The molecule has 4 atom stereocenters. The first-order chi connectivity index (χ1) is 34.1. The number of imidazole rings is 2. The van der Waals surface area contributed by atoms with Gasteiger partial charge in [0.2, 0.25) is 11.8 Å². The zero-order valence-electron chi connectivity index (χ0n) is 43.6. The van der Waals surface area contributed by atoms with Crippen molar-refractivity contribution in [2.24, 2.45) is 5.92 Å². The number of hydrogen-bond acceptors (Lipinski definition) is 8. The van der Waals surface area contributed by atoms with E-state index >= 15 is 0 Å². The number of carbonyl (C=O) groups is 3. The molecule has 4 aromatic carbocycles. The van der Waals surface area contributed by atoms with E-state index in [9.17, 15) is 28.3 Å². The van der Waals surface area contributed by atoms with Gasteiger partial charge < -0.3 is 39.4 Å². The Morgan fingerprint density at radius 3 is 1.71 bits per heavy atom. The maximum absolute atomic E-state index is 13.3. The van der Waals surface area contributed by atoms with Crippen LogP contribution in [0.2, 0.25) is 0 Å². The van der Waals surface area contributed by atoms with Gasteiger partial charge in [0.05, 0.1) is 60.9 Å². The van der Waals surface area contributed by atoms with Gasteiger partial charge in [0.1, 0.15) is 23.7 Å². The van der Waals surface area contributed by atoms with Gasteiger partial charge in [-0.15, -0.1) is 0 Å². The maximum Gasteiger partial charge on any atom is 1.00 e. The van der Waals surface area contributed by atoms with Crippen LogP contribution in [0.5, 0.6) is 5.75 Å². The predicted octanol–water partition coefficient (Wildman–Crippen LogP) is 8.68. The Bertz CT molecular complexity index is 2550. The summed E-state index contributed by atoms with van der Waals surface area (Å²) in [5, 5.41) is 11.1. The summed E-state index contributed by atoms with van der Waals surface area (Å²) in [5.74, 6) is 1.05. The van der Waals surface area contributed by atoms with Crippen molar-refractivity contribution in [3.8, 4) is 17.1 Å². The van der Waals surface area contributed by atoms with Gasteiger partial charge in [0, 0.05) is 56.4 Å². The standard InChI is InChI=1S/C25H28FN3O3.C13H16FNO.C11H10N2O.C4H8O.C4H9.Li/c1-16-14-28(15-27-16)22-11-8-19(13-23(22)32-3)24(30)21-5-4-12-29(25(21)31)17(2)18-6-9-20(26)10-7-18;1-10(11-5-7-12(14)8-6-11)15-9-3-2-4-13(15)16;1-9-6-13(8-12-9)11-4-2-10(7-14)3-5-11;1-2-4-5-3-1;1-4(2)3;/h6-11,13-15,17,21,24,30H,4-5,12H2,1-3H3;5-8,10H,2-4,9H2,1H3;2-8H,1H3;1-4H2;1-3H3;/q;;;;-1;+1. The monoisotopic (exact) mass is 981 g/mol. The number of halogens is 2. The molecule has 4 unspecified atom stereocenters. The van der Waals surface area contributed by atoms with Crippen LogP contribution < -0.4 is 23.6 Å². The number of carbonyl (C=O) groups excluding carboxylic acids is 3. The summed E-state index contributed by atoms with van der Waals surface area (Å²) in [6.07, 6.45) is 13.9. The summed E-state index contributed by atoms with van der Waals surface area (Å²) in [6.45, 7) is 17.5. The third-order valence-corrected chi connectivity index (χ3v) is 12.3. The molecular weight excluding hydrogens is 910 g/mol. The molecule has 1 N–H and O–H groups in total. The zero-order chi connectivity index (χ0) is 51.5. The smallest absolute Gasteiger partial charge is 0.495 e. The van der Waals surface area contributed by atoms with Crippen LogP contribution >= 0.6 is 0 Å². The summed E-state index contributed by atoms with van der Waals surface area (Å²) >= 11 is 0. The first-order valence-corrected chi connectivity index (χ1v) is 24.5. The minimum Gasteiger partial charge on any atom is -0.495 e. The van der Waals surface area contributed by atoms with Crippen molar-refractivity contribution < 1.29 is 56.6 Å². The van der Waals surface area contributed by atoms with Crippen molar-refractivity contribution in [3.05, 3.63) is 167 Å². The second-order valence-electron chi connectivity index (χ2n) is 18.5. The molecule has 0 saturated carbocycles. The number of aliphatic hydroxyl groups excluding tert-OH is 1. The largest absolute Gasteiger partial charge is 1.00 e. The summed E-state index contributed by atoms with van der Waals surface area (Å²) in [6, 6.07) is 25.3. The van der Waals surface area contributed by atoms with E-state index in [0.717, 1.165) is 79.2 Å². The SMILES string of the molecule is C1CCOC1.CC(c1ccc(F)cc1)N1CCCCC1=O.COc1cc(C(O)C2CCCN(C(C)c3ccc(F)cc3)C2=O)ccc1-n1cnc(C)c1.C[C-](C)C.Cc1cn(-c2ccc(C=O)cc2)cn1.[Li+]. The Kier molecular flexibility index (Phi) is 24.1. The van der Waals surface area contributed by atoms with Crippen LogP contribution in [0.15, 0.2) is 116 Å². The third kappa shape index (κ3) is 17.4. The van der Waals surface area contributed by atoms with E-state index in [1.165, 1.54) is 43.0 Å². The van der Waals surface area contributed by atoms with E-state index in [1.807, 2.05) is 78.4 Å². The number of methoxy groups -OCH3 is 1. The molecule has 2 aromatic heterocycles. The first-order valence-electron chi connectivity index (χ1n) is 24.5. The van der Waals surface area contributed by atoms with E-state index in [4.69, 9.17) is 9.47 Å². The number of aromatic nitrogens is 4. The number of piperidine rings is 2. The number of aryl methyl sites for hydroxylation is 2. The average molecular weight is 981 g/mol. The summed E-state index contributed by atoms with van der Waals surface area (Å²) in [4.78, 5) is 47.5. The average Bonchev–Trinajstić information content (AvgIpc) is 4.20. The molecular formula is C57H71F2LiN6O6. The van der Waals surface area contributed by atoms with Crippen molar-refractivity contribution in [3.63, 3.8) is 0 Å². The molecule has 3 saturated heterocycles. The van der Waals surface area contributed by atoms with E-state index in [0.29, 0.717) is 36.3 Å². The molecule has 72 heavy (non-hydrogen) atoms. The number of amides is 2. The quantitative estimate of drug-likeness (QED) is 0.0820. The number of hydrogen-bond donors (Lipinski definition) is 1. The second-order valence-corrected chi connectivity index (χ2v) is 18.5. The van der Waals surface area contributed by atoms with Crippen molar-refractivity contribution in [1.29, 1.82) is 0 Å². The number of rotatable bonds is 10. The zero-order valence-corrected chi connectivity index (χ0v) is 43.6. The maximum atomic E-state index is 13.3. The second kappa shape index (κ2) is 29.6. The van der Waals surface area contributed by atoms with Gasteiger partial charge in [-0.1, -0.05) is 30.3 Å². The van der Waals surface area contributed by atoms with Crippen molar-refractivity contribution in [2.75, 3.05) is 33.4 Å². The molecule has 12 nitrogen and oxygen atoms in total. The van der Waals surface area contributed by atoms with Crippen LogP contribution in [0, 0.1) is 37.3 Å².